The quantitative estimate of drug-likeness (QED) is 0.712. The molecule has 1 atom stereocenters. The standard InChI is InChI=1S/C18H23N5O2.ClH/c1-11(2)16(19)18(25)21-10-15(24)23-14-6-4-5-13(9-14)17-20-8-7-12(3)22-17;/h4-9,11,16H,10,19H2,1-3H3,(H,21,25)(H,23,24);1H/t16-;/m0./s1. The van der Waals surface area contributed by atoms with Gasteiger partial charge in [-0.3, -0.25) is 9.59 Å². The molecular formula is C18H24ClN5O2. The molecule has 7 nitrogen and oxygen atoms in total. The first-order valence-electron chi connectivity index (χ1n) is 8.10. The van der Waals surface area contributed by atoms with E-state index in [9.17, 15) is 9.59 Å². The van der Waals surface area contributed by atoms with E-state index in [0.717, 1.165) is 11.3 Å². The molecule has 140 valence electrons. The third-order valence-corrected chi connectivity index (χ3v) is 3.64. The van der Waals surface area contributed by atoms with Gasteiger partial charge in [0.25, 0.3) is 0 Å². The van der Waals surface area contributed by atoms with Crippen LogP contribution in [0.1, 0.15) is 19.5 Å². The zero-order valence-electron chi connectivity index (χ0n) is 15.0. The molecule has 8 heteroatoms. The fourth-order valence-corrected chi connectivity index (χ4v) is 2.12. The molecule has 0 unspecified atom stereocenters. The molecule has 0 saturated carbocycles. The van der Waals surface area contributed by atoms with Gasteiger partial charge in [0.1, 0.15) is 0 Å². The zero-order chi connectivity index (χ0) is 18.4. The Hall–Kier alpha value is -2.51. The van der Waals surface area contributed by atoms with Crippen molar-refractivity contribution in [3.05, 3.63) is 42.2 Å². The molecule has 0 radical (unpaired) electrons. The minimum absolute atomic E-state index is 0. The van der Waals surface area contributed by atoms with Crippen LogP contribution in [-0.2, 0) is 9.59 Å². The SMILES string of the molecule is Cc1ccnc(-c2cccc(NC(=O)CNC(=O)[C@@H](N)C(C)C)c2)n1.Cl. The number of nitrogens with two attached hydrogens (primary N) is 1. The molecule has 0 saturated heterocycles. The molecular weight excluding hydrogens is 354 g/mol. The Morgan fingerprint density at radius 3 is 2.62 bits per heavy atom. The number of carbonyl (C=O) groups is 2. The summed E-state index contributed by atoms with van der Waals surface area (Å²) in [6.07, 6.45) is 1.69. The Morgan fingerprint density at radius 2 is 1.96 bits per heavy atom. The summed E-state index contributed by atoms with van der Waals surface area (Å²) in [5.41, 5.74) is 8.01. The molecule has 2 aromatic rings. The van der Waals surface area contributed by atoms with Gasteiger partial charge in [0.05, 0.1) is 12.6 Å². The number of halogens is 1. The number of carbonyl (C=O) groups excluding carboxylic acids is 2. The fourth-order valence-electron chi connectivity index (χ4n) is 2.12. The van der Waals surface area contributed by atoms with Crippen LogP contribution in [-0.4, -0.2) is 34.4 Å². The number of aryl methyl sites for hydroxylation is 1. The second kappa shape index (κ2) is 9.84. The predicted molar refractivity (Wildman–Crippen MR) is 104 cm³/mol. The number of anilines is 1. The van der Waals surface area contributed by atoms with Gasteiger partial charge in [-0.1, -0.05) is 26.0 Å². The van der Waals surface area contributed by atoms with Gasteiger partial charge in [-0.25, -0.2) is 9.97 Å². The van der Waals surface area contributed by atoms with Crippen molar-refractivity contribution in [2.24, 2.45) is 11.7 Å². The lowest BCUT2D eigenvalue weighted by Gasteiger charge is -2.15. The lowest BCUT2D eigenvalue weighted by molar-refractivity contribution is -0.125. The third-order valence-electron chi connectivity index (χ3n) is 3.64. The number of rotatable bonds is 6. The third kappa shape index (κ3) is 6.09. The van der Waals surface area contributed by atoms with E-state index < -0.39 is 6.04 Å². The van der Waals surface area contributed by atoms with Gasteiger partial charge in [-0.15, -0.1) is 12.4 Å². The maximum Gasteiger partial charge on any atom is 0.243 e. The maximum atomic E-state index is 12.0. The minimum Gasteiger partial charge on any atom is -0.346 e. The van der Waals surface area contributed by atoms with Gasteiger partial charge in [-0.05, 0) is 31.0 Å². The number of nitrogens with zero attached hydrogens (tertiary/aromatic N) is 2. The molecule has 0 aliphatic rings. The summed E-state index contributed by atoms with van der Waals surface area (Å²) in [4.78, 5) is 32.4. The number of aromatic nitrogens is 2. The van der Waals surface area contributed by atoms with Crippen LogP contribution in [0.15, 0.2) is 36.5 Å². The van der Waals surface area contributed by atoms with Crippen molar-refractivity contribution < 1.29 is 9.59 Å². The molecule has 2 rings (SSSR count). The van der Waals surface area contributed by atoms with E-state index in [1.54, 1.807) is 18.3 Å². The van der Waals surface area contributed by atoms with E-state index >= 15 is 0 Å². The lowest BCUT2D eigenvalue weighted by atomic mass is 10.1. The molecule has 1 aromatic carbocycles. The lowest BCUT2D eigenvalue weighted by Crippen LogP contribution is -2.46. The van der Waals surface area contributed by atoms with Crippen LogP contribution in [0.4, 0.5) is 5.69 Å². The first kappa shape index (κ1) is 21.5. The van der Waals surface area contributed by atoms with Crippen molar-refractivity contribution in [1.82, 2.24) is 15.3 Å². The van der Waals surface area contributed by atoms with E-state index in [4.69, 9.17) is 5.73 Å². The van der Waals surface area contributed by atoms with Gasteiger partial charge >= 0.3 is 0 Å². The first-order valence-corrected chi connectivity index (χ1v) is 8.10. The van der Waals surface area contributed by atoms with E-state index in [1.165, 1.54) is 0 Å². The molecule has 0 aliphatic carbocycles. The molecule has 0 bridgehead atoms. The Labute approximate surface area is 159 Å². The summed E-state index contributed by atoms with van der Waals surface area (Å²) in [5, 5.41) is 5.28. The molecule has 1 aromatic heterocycles. The Balaban J connectivity index is 0.00000338. The second-order valence-corrected chi connectivity index (χ2v) is 6.14. The smallest absolute Gasteiger partial charge is 0.243 e. The molecule has 4 N–H and O–H groups in total. The molecule has 26 heavy (non-hydrogen) atoms. The van der Waals surface area contributed by atoms with E-state index in [1.807, 2.05) is 39.0 Å². The summed E-state index contributed by atoms with van der Waals surface area (Å²) in [6.45, 7) is 5.46. The highest BCUT2D eigenvalue weighted by Gasteiger charge is 2.17. The molecule has 0 spiro atoms. The fraction of sp³-hybridized carbons (Fsp3) is 0.333. The van der Waals surface area contributed by atoms with Crippen LogP contribution < -0.4 is 16.4 Å². The van der Waals surface area contributed by atoms with Gasteiger partial charge in [0.15, 0.2) is 5.82 Å². The number of amides is 2. The van der Waals surface area contributed by atoms with E-state index in [-0.39, 0.29) is 36.7 Å². The summed E-state index contributed by atoms with van der Waals surface area (Å²) < 4.78 is 0. The van der Waals surface area contributed by atoms with Crippen LogP contribution in [0.3, 0.4) is 0 Å². The monoisotopic (exact) mass is 377 g/mol. The minimum atomic E-state index is -0.630. The second-order valence-electron chi connectivity index (χ2n) is 6.14. The van der Waals surface area contributed by atoms with Gasteiger partial charge < -0.3 is 16.4 Å². The van der Waals surface area contributed by atoms with Crippen molar-refractivity contribution in [3.8, 4) is 11.4 Å². The van der Waals surface area contributed by atoms with Crippen molar-refractivity contribution in [1.29, 1.82) is 0 Å². The van der Waals surface area contributed by atoms with E-state index in [2.05, 4.69) is 20.6 Å². The van der Waals surface area contributed by atoms with Crippen molar-refractivity contribution in [2.75, 3.05) is 11.9 Å². The van der Waals surface area contributed by atoms with Crippen molar-refractivity contribution >= 4 is 29.9 Å². The molecule has 1 heterocycles. The summed E-state index contributed by atoms with van der Waals surface area (Å²) in [7, 11) is 0. The number of benzene rings is 1. The number of hydrogen-bond acceptors (Lipinski definition) is 5. The number of hydrogen-bond donors (Lipinski definition) is 3. The largest absolute Gasteiger partial charge is 0.346 e. The Morgan fingerprint density at radius 1 is 1.23 bits per heavy atom. The topological polar surface area (TPSA) is 110 Å². The van der Waals surface area contributed by atoms with Gasteiger partial charge in [0, 0.05) is 23.1 Å². The zero-order valence-corrected chi connectivity index (χ0v) is 15.8. The first-order chi connectivity index (χ1) is 11.9. The predicted octanol–water partition coefficient (Wildman–Crippen LogP) is 1.91. The molecule has 0 aliphatic heterocycles. The van der Waals surface area contributed by atoms with Crippen LogP contribution in [0.5, 0.6) is 0 Å². The number of nitrogens with one attached hydrogen (secondary N) is 2. The summed E-state index contributed by atoms with van der Waals surface area (Å²) in [5.74, 6) is -0.0694. The average molecular weight is 378 g/mol. The van der Waals surface area contributed by atoms with Crippen molar-refractivity contribution in [3.63, 3.8) is 0 Å². The Kier molecular flexibility index (Phi) is 8.15. The van der Waals surface area contributed by atoms with Crippen LogP contribution in [0.2, 0.25) is 0 Å². The van der Waals surface area contributed by atoms with Crippen LogP contribution in [0, 0.1) is 12.8 Å². The summed E-state index contributed by atoms with van der Waals surface area (Å²) >= 11 is 0. The van der Waals surface area contributed by atoms with Crippen molar-refractivity contribution in [2.45, 2.75) is 26.8 Å². The highest BCUT2D eigenvalue weighted by molar-refractivity contribution is 5.95. The van der Waals surface area contributed by atoms with Gasteiger partial charge in [-0.2, -0.15) is 0 Å². The van der Waals surface area contributed by atoms with Gasteiger partial charge in [0.2, 0.25) is 11.8 Å². The van der Waals surface area contributed by atoms with Crippen LogP contribution >= 0.6 is 12.4 Å². The average Bonchev–Trinajstić information content (AvgIpc) is 2.59. The normalized spacial score (nSPS) is 11.4. The van der Waals surface area contributed by atoms with Crippen LogP contribution in [0.25, 0.3) is 11.4 Å². The maximum absolute atomic E-state index is 12.0. The van der Waals surface area contributed by atoms with E-state index in [0.29, 0.717) is 11.5 Å². The highest BCUT2D eigenvalue weighted by Crippen LogP contribution is 2.19. The summed E-state index contributed by atoms with van der Waals surface area (Å²) in [6, 6.07) is 8.42. The molecule has 0 fully saturated rings. The highest BCUT2D eigenvalue weighted by atomic mass is 35.5. The molecule has 2 amide bonds. The Bertz CT molecular complexity index is 767.